The van der Waals surface area contributed by atoms with Crippen molar-refractivity contribution in [2.24, 2.45) is 0 Å². The fraction of sp³-hybridized carbons (Fsp3) is 0.0952. The van der Waals surface area contributed by atoms with Gasteiger partial charge < -0.3 is 0 Å². The van der Waals surface area contributed by atoms with Crippen LogP contribution in [0.3, 0.4) is 0 Å². The molecule has 0 fully saturated rings. The highest BCUT2D eigenvalue weighted by Gasteiger charge is 2.14. The lowest BCUT2D eigenvalue weighted by molar-refractivity contribution is 1.03. The molecule has 0 saturated heterocycles. The molecule has 0 aliphatic carbocycles. The molecular formula is C21H17N3. The summed E-state index contributed by atoms with van der Waals surface area (Å²) < 4.78 is 4.41. The number of fused-ring (bicyclic) bond motifs is 5. The van der Waals surface area contributed by atoms with E-state index in [9.17, 15) is 0 Å². The van der Waals surface area contributed by atoms with Gasteiger partial charge in [0.05, 0.1) is 11.0 Å². The molecule has 0 aliphatic heterocycles. The van der Waals surface area contributed by atoms with Crippen molar-refractivity contribution in [2.75, 3.05) is 0 Å². The fourth-order valence-corrected chi connectivity index (χ4v) is 3.52. The molecule has 0 bridgehead atoms. The van der Waals surface area contributed by atoms with Gasteiger partial charge in [-0.1, -0.05) is 48.0 Å². The van der Waals surface area contributed by atoms with Crippen molar-refractivity contribution in [2.45, 2.75) is 13.8 Å². The first-order valence-corrected chi connectivity index (χ1v) is 8.17. The molecular weight excluding hydrogens is 294 g/mol. The van der Waals surface area contributed by atoms with Crippen LogP contribution in [0.4, 0.5) is 0 Å². The summed E-state index contributed by atoms with van der Waals surface area (Å²) in [5.74, 6) is 0.961. The highest BCUT2D eigenvalue weighted by molar-refractivity contribution is 6.05. The van der Waals surface area contributed by atoms with Crippen LogP contribution >= 0.6 is 0 Å². The molecule has 0 N–H and O–H groups in total. The Morgan fingerprint density at radius 3 is 2.46 bits per heavy atom. The summed E-state index contributed by atoms with van der Waals surface area (Å²) in [6.07, 6.45) is 2.17. The summed E-state index contributed by atoms with van der Waals surface area (Å²) >= 11 is 0. The lowest BCUT2D eigenvalue weighted by Gasteiger charge is -2.06. The van der Waals surface area contributed by atoms with E-state index in [2.05, 4.69) is 89.7 Å². The minimum atomic E-state index is 0.961. The van der Waals surface area contributed by atoms with Gasteiger partial charge in [-0.05, 0) is 37.4 Å². The molecule has 2 heterocycles. The van der Waals surface area contributed by atoms with Crippen molar-refractivity contribution in [1.29, 1.82) is 0 Å². The van der Waals surface area contributed by atoms with E-state index in [0.717, 1.165) is 22.5 Å². The van der Waals surface area contributed by atoms with Gasteiger partial charge in [0.1, 0.15) is 0 Å². The maximum absolute atomic E-state index is 4.99. The molecule has 0 radical (unpaired) electrons. The highest BCUT2D eigenvalue weighted by Crippen LogP contribution is 2.28. The Bertz CT molecular complexity index is 1210. The minimum Gasteiger partial charge on any atom is -0.283 e. The van der Waals surface area contributed by atoms with Crippen LogP contribution in [0.2, 0.25) is 0 Å². The number of nitrogens with zero attached hydrogens (tertiary/aromatic N) is 3. The van der Waals surface area contributed by atoms with Gasteiger partial charge in [-0.25, -0.2) is 4.98 Å². The number of imidazole rings is 2. The van der Waals surface area contributed by atoms with Crippen LogP contribution in [0.25, 0.3) is 33.3 Å². The zero-order valence-electron chi connectivity index (χ0n) is 13.7. The lowest BCUT2D eigenvalue weighted by Crippen LogP contribution is -1.97. The number of hydrogen-bond donors (Lipinski definition) is 0. The van der Waals surface area contributed by atoms with Gasteiger partial charge in [0, 0.05) is 23.0 Å². The molecule has 2 aromatic heterocycles. The van der Waals surface area contributed by atoms with Gasteiger partial charge >= 0.3 is 0 Å². The van der Waals surface area contributed by atoms with Crippen LogP contribution in [0.1, 0.15) is 11.3 Å². The first-order valence-electron chi connectivity index (χ1n) is 8.17. The number of aromatic nitrogens is 3. The molecule has 116 valence electrons. The Labute approximate surface area is 139 Å². The summed E-state index contributed by atoms with van der Waals surface area (Å²) in [5, 5.41) is 2.43. The fourth-order valence-electron chi connectivity index (χ4n) is 3.52. The maximum Gasteiger partial charge on any atom is 0.219 e. The van der Waals surface area contributed by atoms with Crippen molar-refractivity contribution in [3.8, 4) is 5.69 Å². The predicted octanol–water partition coefficient (Wildman–Crippen LogP) is 5.05. The van der Waals surface area contributed by atoms with Gasteiger partial charge in [-0.3, -0.25) is 8.97 Å². The minimum absolute atomic E-state index is 0.961. The molecule has 24 heavy (non-hydrogen) atoms. The zero-order chi connectivity index (χ0) is 16.3. The number of aryl methyl sites for hydroxylation is 2. The third-order valence-corrected chi connectivity index (χ3v) is 4.73. The summed E-state index contributed by atoms with van der Waals surface area (Å²) in [6.45, 7) is 4.24. The Hall–Kier alpha value is -3.07. The van der Waals surface area contributed by atoms with Crippen molar-refractivity contribution < 1.29 is 0 Å². The molecule has 0 saturated carbocycles. The van der Waals surface area contributed by atoms with E-state index in [1.165, 1.54) is 22.0 Å². The lowest BCUT2D eigenvalue weighted by atomic mass is 10.1. The summed E-state index contributed by atoms with van der Waals surface area (Å²) in [5.41, 5.74) is 5.80. The molecule has 3 aromatic carbocycles. The number of benzene rings is 3. The Kier molecular flexibility index (Phi) is 2.63. The number of hydrogen-bond acceptors (Lipinski definition) is 1. The van der Waals surface area contributed by atoms with Crippen LogP contribution in [-0.2, 0) is 0 Å². The second-order valence-electron chi connectivity index (χ2n) is 6.38. The van der Waals surface area contributed by atoms with Crippen LogP contribution in [-0.4, -0.2) is 14.0 Å². The van der Waals surface area contributed by atoms with Crippen molar-refractivity contribution >= 4 is 27.6 Å². The second kappa shape index (κ2) is 4.71. The van der Waals surface area contributed by atoms with Gasteiger partial charge in [-0.2, -0.15) is 0 Å². The molecule has 0 unspecified atom stereocenters. The van der Waals surface area contributed by atoms with Gasteiger partial charge in [-0.15, -0.1) is 0 Å². The standard InChI is InChI=1S/C21H17N3/c1-14-7-10-17(11-8-14)24-15(2)13-23-19-12-9-16-5-3-4-6-18(16)20(19)22-21(23)24/h3-13H,1-2H3. The molecule has 5 aromatic rings. The van der Waals surface area contributed by atoms with E-state index in [4.69, 9.17) is 4.98 Å². The third-order valence-electron chi connectivity index (χ3n) is 4.73. The number of rotatable bonds is 1. The Morgan fingerprint density at radius 2 is 1.62 bits per heavy atom. The summed E-state index contributed by atoms with van der Waals surface area (Å²) in [7, 11) is 0. The van der Waals surface area contributed by atoms with Gasteiger partial charge in [0.15, 0.2) is 0 Å². The van der Waals surface area contributed by atoms with Crippen LogP contribution < -0.4 is 0 Å². The Morgan fingerprint density at radius 1 is 0.833 bits per heavy atom. The van der Waals surface area contributed by atoms with E-state index < -0.39 is 0 Å². The van der Waals surface area contributed by atoms with E-state index in [0.29, 0.717) is 0 Å². The summed E-state index contributed by atoms with van der Waals surface area (Å²) in [6, 6.07) is 21.4. The molecule has 0 aliphatic rings. The molecule has 0 atom stereocenters. The third kappa shape index (κ3) is 1.75. The molecule has 3 heteroatoms. The Balaban J connectivity index is 1.90. The van der Waals surface area contributed by atoms with Gasteiger partial charge in [0.25, 0.3) is 0 Å². The first-order chi connectivity index (χ1) is 11.7. The summed E-state index contributed by atoms with van der Waals surface area (Å²) in [4.78, 5) is 4.99. The molecule has 0 amide bonds. The van der Waals surface area contributed by atoms with Crippen LogP contribution in [0, 0.1) is 13.8 Å². The second-order valence-corrected chi connectivity index (χ2v) is 6.38. The molecule has 3 nitrogen and oxygen atoms in total. The molecule has 5 rings (SSSR count). The smallest absolute Gasteiger partial charge is 0.219 e. The maximum atomic E-state index is 4.99. The van der Waals surface area contributed by atoms with Crippen LogP contribution in [0.5, 0.6) is 0 Å². The first kappa shape index (κ1) is 13.4. The topological polar surface area (TPSA) is 22.2 Å². The van der Waals surface area contributed by atoms with E-state index in [1.807, 2.05) is 0 Å². The van der Waals surface area contributed by atoms with Crippen molar-refractivity contribution in [3.63, 3.8) is 0 Å². The average Bonchev–Trinajstić information content (AvgIpc) is 3.11. The quantitative estimate of drug-likeness (QED) is 0.425. The SMILES string of the molecule is Cc1ccc(-n2c(C)cn3c4ccc5ccccc5c4nc23)cc1. The van der Waals surface area contributed by atoms with Crippen LogP contribution in [0.15, 0.2) is 66.9 Å². The van der Waals surface area contributed by atoms with E-state index >= 15 is 0 Å². The average molecular weight is 311 g/mol. The van der Waals surface area contributed by atoms with E-state index in [1.54, 1.807) is 0 Å². The monoisotopic (exact) mass is 311 g/mol. The van der Waals surface area contributed by atoms with Crippen molar-refractivity contribution in [1.82, 2.24) is 14.0 Å². The van der Waals surface area contributed by atoms with Gasteiger partial charge in [0.2, 0.25) is 5.78 Å². The normalized spacial score (nSPS) is 11.8. The molecule has 0 spiro atoms. The highest BCUT2D eigenvalue weighted by atomic mass is 15.2. The zero-order valence-corrected chi connectivity index (χ0v) is 13.7. The van der Waals surface area contributed by atoms with E-state index in [-0.39, 0.29) is 0 Å². The largest absolute Gasteiger partial charge is 0.283 e. The van der Waals surface area contributed by atoms with Crippen molar-refractivity contribution in [3.05, 3.63) is 78.1 Å². The predicted molar refractivity (Wildman–Crippen MR) is 99.0 cm³/mol.